The van der Waals surface area contributed by atoms with Crippen molar-refractivity contribution >= 4 is 18.3 Å². The van der Waals surface area contributed by atoms with Crippen molar-refractivity contribution in [1.29, 1.82) is 0 Å². The van der Waals surface area contributed by atoms with Crippen LogP contribution in [0.15, 0.2) is 24.3 Å². The summed E-state index contributed by atoms with van der Waals surface area (Å²) >= 11 is 0. The smallest absolute Gasteiger partial charge is 0.224 e. The Balaban J connectivity index is 0.00000176. The molecule has 0 saturated heterocycles. The molecule has 0 aliphatic heterocycles. The Hall–Kier alpha value is -1.13. The lowest BCUT2D eigenvalue weighted by atomic mass is 9.67. The molecule has 3 N–H and O–H groups in total. The molecule has 2 unspecified atom stereocenters. The minimum atomic E-state index is -0.307. The minimum Gasteiger partial charge on any atom is -0.353 e. The standard InChI is InChI=1S/C17H23FN2O.ClH/c18-15-7-2-1-4-11(15)10-16(21)20-17-12-5-3-6-13(17)9-14(19)8-12;/h1-2,4,7,12-14,17H,3,5-6,8-10,19H2,(H,20,21);1H. The average Bonchev–Trinajstić information content (AvgIpc) is 2.42. The molecule has 0 radical (unpaired) electrons. The molecule has 0 spiro atoms. The lowest BCUT2D eigenvalue weighted by Crippen LogP contribution is -2.54. The molecule has 0 aromatic heterocycles. The van der Waals surface area contributed by atoms with Crippen LogP contribution in [0.3, 0.4) is 0 Å². The van der Waals surface area contributed by atoms with E-state index >= 15 is 0 Å². The molecule has 2 aliphatic rings. The molecule has 1 aromatic rings. The largest absolute Gasteiger partial charge is 0.353 e. The lowest BCUT2D eigenvalue weighted by molar-refractivity contribution is -0.122. The van der Waals surface area contributed by atoms with Crippen LogP contribution in [0.1, 0.15) is 37.7 Å². The lowest BCUT2D eigenvalue weighted by Gasteiger charge is -2.45. The van der Waals surface area contributed by atoms with Crippen molar-refractivity contribution < 1.29 is 9.18 Å². The number of rotatable bonds is 3. The van der Waals surface area contributed by atoms with Crippen LogP contribution in [0.25, 0.3) is 0 Å². The van der Waals surface area contributed by atoms with Gasteiger partial charge in [-0.2, -0.15) is 0 Å². The van der Waals surface area contributed by atoms with Gasteiger partial charge < -0.3 is 11.1 Å². The van der Waals surface area contributed by atoms with Gasteiger partial charge in [-0.25, -0.2) is 4.39 Å². The fourth-order valence-electron chi connectivity index (χ4n) is 4.08. The summed E-state index contributed by atoms with van der Waals surface area (Å²) in [7, 11) is 0. The van der Waals surface area contributed by atoms with Gasteiger partial charge >= 0.3 is 0 Å². The molecule has 2 aliphatic carbocycles. The molecule has 3 rings (SSSR count). The van der Waals surface area contributed by atoms with E-state index in [0.29, 0.717) is 17.4 Å². The number of fused-ring (bicyclic) bond motifs is 2. The highest BCUT2D eigenvalue weighted by atomic mass is 35.5. The Kier molecular flexibility index (Phi) is 5.81. The molecule has 22 heavy (non-hydrogen) atoms. The van der Waals surface area contributed by atoms with Crippen LogP contribution in [0, 0.1) is 17.7 Å². The second-order valence-corrected chi connectivity index (χ2v) is 6.54. The maximum Gasteiger partial charge on any atom is 0.224 e. The number of nitrogens with one attached hydrogen (secondary N) is 1. The van der Waals surface area contributed by atoms with Crippen LogP contribution < -0.4 is 11.1 Å². The molecule has 2 fully saturated rings. The highest BCUT2D eigenvalue weighted by Gasteiger charge is 2.39. The van der Waals surface area contributed by atoms with Crippen molar-refractivity contribution in [2.24, 2.45) is 17.6 Å². The van der Waals surface area contributed by atoms with Crippen LogP contribution in [0.4, 0.5) is 4.39 Å². The summed E-state index contributed by atoms with van der Waals surface area (Å²) in [5.41, 5.74) is 6.56. The van der Waals surface area contributed by atoms with Gasteiger partial charge in [0.05, 0.1) is 6.42 Å². The summed E-state index contributed by atoms with van der Waals surface area (Å²) in [4.78, 5) is 12.2. The highest BCUT2D eigenvalue weighted by Crippen LogP contribution is 2.39. The third-order valence-corrected chi connectivity index (χ3v) is 5.01. The highest BCUT2D eigenvalue weighted by molar-refractivity contribution is 5.85. The maximum atomic E-state index is 13.6. The topological polar surface area (TPSA) is 55.1 Å². The molecular formula is C17H24ClFN2O. The maximum absolute atomic E-state index is 13.6. The number of nitrogens with two attached hydrogens (primary N) is 1. The second kappa shape index (κ2) is 7.42. The van der Waals surface area contributed by atoms with Crippen molar-refractivity contribution in [3.63, 3.8) is 0 Å². The SMILES string of the molecule is Cl.NC1CC2CCCC(C1)C2NC(=O)Cc1ccccc1F. The molecule has 3 nitrogen and oxygen atoms in total. The number of amides is 1. The second-order valence-electron chi connectivity index (χ2n) is 6.54. The van der Waals surface area contributed by atoms with Gasteiger partial charge in [-0.15, -0.1) is 12.4 Å². The van der Waals surface area contributed by atoms with Crippen LogP contribution in [-0.4, -0.2) is 18.0 Å². The summed E-state index contributed by atoms with van der Waals surface area (Å²) < 4.78 is 13.6. The van der Waals surface area contributed by atoms with Crippen molar-refractivity contribution in [3.8, 4) is 0 Å². The number of benzene rings is 1. The summed E-state index contributed by atoms with van der Waals surface area (Å²) in [6.07, 6.45) is 5.66. The Bertz CT molecular complexity index is 511. The molecule has 2 bridgehead atoms. The van der Waals surface area contributed by atoms with E-state index in [4.69, 9.17) is 5.73 Å². The van der Waals surface area contributed by atoms with E-state index in [9.17, 15) is 9.18 Å². The molecule has 5 heteroatoms. The molecule has 2 atom stereocenters. The Morgan fingerprint density at radius 1 is 1.23 bits per heavy atom. The number of hydrogen-bond donors (Lipinski definition) is 2. The van der Waals surface area contributed by atoms with Gasteiger partial charge in [-0.05, 0) is 49.1 Å². The van der Waals surface area contributed by atoms with Crippen molar-refractivity contribution in [2.75, 3.05) is 0 Å². The fourth-order valence-corrected chi connectivity index (χ4v) is 4.08. The first kappa shape index (κ1) is 17.2. The van der Waals surface area contributed by atoms with Crippen LogP contribution in [0.2, 0.25) is 0 Å². The van der Waals surface area contributed by atoms with E-state index in [1.807, 2.05) is 0 Å². The number of hydrogen-bond acceptors (Lipinski definition) is 2. The first-order valence-corrected chi connectivity index (χ1v) is 7.92. The van der Waals surface area contributed by atoms with Gasteiger partial charge in [0.1, 0.15) is 5.82 Å². The normalized spacial score (nSPS) is 30.3. The molecule has 0 heterocycles. The number of halogens is 2. The van der Waals surface area contributed by atoms with Crippen LogP contribution in [-0.2, 0) is 11.2 Å². The van der Waals surface area contributed by atoms with Gasteiger partial charge in [0, 0.05) is 12.1 Å². The van der Waals surface area contributed by atoms with Gasteiger partial charge in [-0.1, -0.05) is 24.6 Å². The van der Waals surface area contributed by atoms with Gasteiger partial charge in [0.2, 0.25) is 5.91 Å². The summed E-state index contributed by atoms with van der Waals surface area (Å²) in [6, 6.07) is 6.99. The van der Waals surface area contributed by atoms with E-state index < -0.39 is 0 Å². The fraction of sp³-hybridized carbons (Fsp3) is 0.588. The zero-order chi connectivity index (χ0) is 14.8. The molecule has 122 valence electrons. The van der Waals surface area contributed by atoms with E-state index in [1.165, 1.54) is 12.5 Å². The van der Waals surface area contributed by atoms with Gasteiger partial charge in [-0.3, -0.25) is 4.79 Å². The Morgan fingerprint density at radius 3 is 2.50 bits per heavy atom. The van der Waals surface area contributed by atoms with E-state index in [-0.39, 0.29) is 42.6 Å². The Labute approximate surface area is 137 Å². The monoisotopic (exact) mass is 326 g/mol. The quantitative estimate of drug-likeness (QED) is 0.897. The molecule has 1 aromatic carbocycles. The summed E-state index contributed by atoms with van der Waals surface area (Å²) in [5.74, 6) is 0.616. The minimum absolute atomic E-state index is 0. The van der Waals surface area contributed by atoms with Crippen molar-refractivity contribution in [2.45, 2.75) is 50.6 Å². The number of carbonyl (C=O) groups excluding carboxylic acids is 1. The van der Waals surface area contributed by atoms with Gasteiger partial charge in [0.15, 0.2) is 0 Å². The van der Waals surface area contributed by atoms with Gasteiger partial charge in [0.25, 0.3) is 0 Å². The first-order chi connectivity index (χ1) is 10.1. The Morgan fingerprint density at radius 2 is 1.86 bits per heavy atom. The molecule has 2 saturated carbocycles. The average molecular weight is 327 g/mol. The van der Waals surface area contributed by atoms with E-state index in [1.54, 1.807) is 18.2 Å². The van der Waals surface area contributed by atoms with E-state index in [0.717, 1.165) is 25.7 Å². The van der Waals surface area contributed by atoms with Crippen molar-refractivity contribution in [1.82, 2.24) is 5.32 Å². The predicted octanol–water partition coefficient (Wildman–Crippen LogP) is 2.81. The zero-order valence-corrected chi connectivity index (χ0v) is 13.4. The number of carbonyl (C=O) groups is 1. The first-order valence-electron chi connectivity index (χ1n) is 7.92. The third-order valence-electron chi connectivity index (χ3n) is 5.01. The molecule has 1 amide bonds. The van der Waals surface area contributed by atoms with Crippen LogP contribution >= 0.6 is 12.4 Å². The summed E-state index contributed by atoms with van der Waals surface area (Å²) in [6.45, 7) is 0. The zero-order valence-electron chi connectivity index (χ0n) is 12.6. The predicted molar refractivity (Wildman–Crippen MR) is 87.3 cm³/mol. The van der Waals surface area contributed by atoms with Crippen LogP contribution in [0.5, 0.6) is 0 Å². The third kappa shape index (κ3) is 3.79. The van der Waals surface area contributed by atoms with Crippen molar-refractivity contribution in [3.05, 3.63) is 35.6 Å². The summed E-state index contributed by atoms with van der Waals surface area (Å²) in [5, 5.41) is 3.16. The van der Waals surface area contributed by atoms with E-state index in [2.05, 4.69) is 5.32 Å². The molecular weight excluding hydrogens is 303 g/mol.